The fraction of sp³-hybridized carbons (Fsp3) is 0.167. The quantitative estimate of drug-likeness (QED) is 0.679. The van der Waals surface area contributed by atoms with Gasteiger partial charge in [-0.25, -0.2) is 0 Å². The molecule has 0 saturated carbocycles. The van der Waals surface area contributed by atoms with Gasteiger partial charge in [0.15, 0.2) is 0 Å². The maximum Gasteiger partial charge on any atom is 0.142 e. The number of nitrogens with two attached hydrogens (primary N) is 1. The van der Waals surface area contributed by atoms with Gasteiger partial charge >= 0.3 is 0 Å². The Balaban J connectivity index is 1.90. The van der Waals surface area contributed by atoms with Crippen LogP contribution in [0.1, 0.15) is 4.88 Å². The van der Waals surface area contributed by atoms with Crippen LogP contribution in [-0.4, -0.2) is 6.61 Å². The van der Waals surface area contributed by atoms with E-state index < -0.39 is 0 Å². The van der Waals surface area contributed by atoms with E-state index in [4.69, 9.17) is 10.5 Å². The van der Waals surface area contributed by atoms with Crippen molar-refractivity contribution in [2.75, 3.05) is 12.3 Å². The van der Waals surface area contributed by atoms with Gasteiger partial charge < -0.3 is 10.5 Å². The van der Waals surface area contributed by atoms with Gasteiger partial charge in [0.2, 0.25) is 0 Å². The van der Waals surface area contributed by atoms with E-state index in [1.165, 1.54) is 4.88 Å². The molecular formula is C12H12INOS. The summed E-state index contributed by atoms with van der Waals surface area (Å²) >= 11 is 3.99. The van der Waals surface area contributed by atoms with Gasteiger partial charge in [0.1, 0.15) is 5.75 Å². The molecule has 0 atom stereocenters. The van der Waals surface area contributed by atoms with Gasteiger partial charge in [-0.15, -0.1) is 11.3 Å². The molecule has 1 aromatic heterocycles. The maximum absolute atomic E-state index is 5.85. The molecule has 1 aromatic carbocycles. The Kier molecular flexibility index (Phi) is 4.06. The van der Waals surface area contributed by atoms with Crippen molar-refractivity contribution in [3.63, 3.8) is 0 Å². The lowest BCUT2D eigenvalue weighted by Crippen LogP contribution is -2.02. The summed E-state index contributed by atoms with van der Waals surface area (Å²) in [6.45, 7) is 0.672. The smallest absolute Gasteiger partial charge is 0.142 e. The number of benzene rings is 1. The third-order valence-corrected chi connectivity index (χ3v) is 3.77. The Labute approximate surface area is 113 Å². The van der Waals surface area contributed by atoms with Gasteiger partial charge in [-0.2, -0.15) is 0 Å². The molecule has 84 valence electrons. The van der Waals surface area contributed by atoms with Crippen molar-refractivity contribution in [1.29, 1.82) is 0 Å². The summed E-state index contributed by atoms with van der Waals surface area (Å²) in [4.78, 5) is 1.34. The minimum atomic E-state index is 0.672. The minimum Gasteiger partial charge on any atom is -0.491 e. The molecule has 0 bridgehead atoms. The predicted molar refractivity (Wildman–Crippen MR) is 77.1 cm³/mol. The Morgan fingerprint density at radius 2 is 2.19 bits per heavy atom. The molecule has 0 saturated heterocycles. The number of hydrogen-bond acceptors (Lipinski definition) is 3. The number of halogens is 1. The van der Waals surface area contributed by atoms with Crippen LogP contribution < -0.4 is 10.5 Å². The summed E-state index contributed by atoms with van der Waals surface area (Å²) in [7, 11) is 0. The largest absolute Gasteiger partial charge is 0.491 e. The molecule has 0 aliphatic rings. The average molecular weight is 345 g/mol. The molecule has 0 fully saturated rings. The van der Waals surface area contributed by atoms with E-state index in [0.717, 1.165) is 15.7 Å². The van der Waals surface area contributed by atoms with Crippen molar-refractivity contribution >= 4 is 39.6 Å². The standard InChI is InChI=1S/C12H12INOS/c13-9-3-4-12(11(14)8-9)15-6-5-10-2-1-7-16-10/h1-4,7-8H,5-6,14H2. The molecule has 0 unspecified atom stereocenters. The van der Waals surface area contributed by atoms with Crippen LogP contribution in [0.15, 0.2) is 35.7 Å². The number of thiophene rings is 1. The van der Waals surface area contributed by atoms with E-state index in [2.05, 4.69) is 40.1 Å². The highest BCUT2D eigenvalue weighted by Gasteiger charge is 2.01. The first-order valence-electron chi connectivity index (χ1n) is 4.96. The van der Waals surface area contributed by atoms with Gasteiger partial charge in [-0.05, 0) is 52.2 Å². The molecule has 2 aromatic rings. The Hall–Kier alpha value is -0.750. The van der Waals surface area contributed by atoms with E-state index in [1.807, 2.05) is 18.2 Å². The molecular weight excluding hydrogens is 333 g/mol. The number of rotatable bonds is 4. The second-order valence-electron chi connectivity index (χ2n) is 3.36. The van der Waals surface area contributed by atoms with Crippen LogP contribution >= 0.6 is 33.9 Å². The maximum atomic E-state index is 5.85. The van der Waals surface area contributed by atoms with E-state index in [1.54, 1.807) is 11.3 Å². The van der Waals surface area contributed by atoms with E-state index in [0.29, 0.717) is 12.3 Å². The summed E-state index contributed by atoms with van der Waals surface area (Å²) in [6.07, 6.45) is 0.934. The normalized spacial score (nSPS) is 10.3. The zero-order chi connectivity index (χ0) is 11.4. The molecule has 0 aliphatic heterocycles. The van der Waals surface area contributed by atoms with Crippen LogP contribution in [0, 0.1) is 3.57 Å². The number of anilines is 1. The summed E-state index contributed by atoms with van der Waals surface area (Å²) in [5.74, 6) is 0.775. The monoisotopic (exact) mass is 345 g/mol. The van der Waals surface area contributed by atoms with Crippen LogP contribution in [0.4, 0.5) is 5.69 Å². The van der Waals surface area contributed by atoms with Gasteiger partial charge in [0, 0.05) is 14.9 Å². The molecule has 16 heavy (non-hydrogen) atoms. The first-order valence-corrected chi connectivity index (χ1v) is 6.92. The van der Waals surface area contributed by atoms with Crippen molar-refractivity contribution in [2.45, 2.75) is 6.42 Å². The SMILES string of the molecule is Nc1cc(I)ccc1OCCc1cccs1. The lowest BCUT2D eigenvalue weighted by atomic mass is 10.3. The van der Waals surface area contributed by atoms with Crippen LogP contribution in [0.25, 0.3) is 0 Å². The molecule has 1 heterocycles. The van der Waals surface area contributed by atoms with Crippen LogP contribution in [0.2, 0.25) is 0 Å². The topological polar surface area (TPSA) is 35.2 Å². The molecule has 2 nitrogen and oxygen atoms in total. The second-order valence-corrected chi connectivity index (χ2v) is 5.64. The van der Waals surface area contributed by atoms with Gasteiger partial charge in [-0.3, -0.25) is 0 Å². The van der Waals surface area contributed by atoms with Gasteiger partial charge in [0.05, 0.1) is 12.3 Å². The number of nitrogen functional groups attached to an aromatic ring is 1. The van der Waals surface area contributed by atoms with E-state index in [9.17, 15) is 0 Å². The predicted octanol–water partition coefficient (Wildman–Crippen LogP) is 3.56. The fourth-order valence-electron chi connectivity index (χ4n) is 1.37. The summed E-state index contributed by atoms with van der Waals surface area (Å²) in [6, 6.07) is 10.0. The third-order valence-electron chi connectivity index (χ3n) is 2.16. The first-order chi connectivity index (χ1) is 7.75. The molecule has 4 heteroatoms. The van der Waals surface area contributed by atoms with E-state index >= 15 is 0 Å². The van der Waals surface area contributed by atoms with Crippen LogP contribution in [0.3, 0.4) is 0 Å². The van der Waals surface area contributed by atoms with Crippen LogP contribution in [-0.2, 0) is 6.42 Å². The van der Waals surface area contributed by atoms with Crippen molar-refractivity contribution < 1.29 is 4.74 Å². The number of hydrogen-bond donors (Lipinski definition) is 1. The molecule has 2 rings (SSSR count). The lowest BCUT2D eigenvalue weighted by molar-refractivity contribution is 0.324. The minimum absolute atomic E-state index is 0.672. The van der Waals surface area contributed by atoms with Crippen LogP contribution in [0.5, 0.6) is 5.75 Å². The third kappa shape index (κ3) is 3.12. The lowest BCUT2D eigenvalue weighted by Gasteiger charge is -2.08. The summed E-state index contributed by atoms with van der Waals surface area (Å²) in [5, 5.41) is 2.08. The highest BCUT2D eigenvalue weighted by Crippen LogP contribution is 2.23. The highest BCUT2D eigenvalue weighted by atomic mass is 127. The molecule has 0 aliphatic carbocycles. The Morgan fingerprint density at radius 1 is 1.31 bits per heavy atom. The zero-order valence-electron chi connectivity index (χ0n) is 8.65. The number of ether oxygens (including phenoxy) is 1. The van der Waals surface area contributed by atoms with Crippen molar-refractivity contribution in [3.8, 4) is 5.75 Å². The Morgan fingerprint density at radius 3 is 2.88 bits per heavy atom. The summed E-state index contributed by atoms with van der Waals surface area (Å²) < 4.78 is 6.77. The zero-order valence-corrected chi connectivity index (χ0v) is 11.6. The Bertz CT molecular complexity index is 456. The second kappa shape index (κ2) is 5.54. The highest BCUT2D eigenvalue weighted by molar-refractivity contribution is 14.1. The van der Waals surface area contributed by atoms with Gasteiger partial charge in [-0.1, -0.05) is 6.07 Å². The van der Waals surface area contributed by atoms with Gasteiger partial charge in [0.25, 0.3) is 0 Å². The summed E-state index contributed by atoms with van der Waals surface area (Å²) in [5.41, 5.74) is 6.56. The van der Waals surface area contributed by atoms with Crippen molar-refractivity contribution in [1.82, 2.24) is 0 Å². The van der Waals surface area contributed by atoms with E-state index in [-0.39, 0.29) is 0 Å². The molecule has 2 N–H and O–H groups in total. The van der Waals surface area contributed by atoms with Crippen molar-refractivity contribution in [3.05, 3.63) is 44.2 Å². The average Bonchev–Trinajstić information content (AvgIpc) is 2.74. The van der Waals surface area contributed by atoms with Crippen molar-refractivity contribution in [2.24, 2.45) is 0 Å². The first kappa shape index (κ1) is 11.7. The molecule has 0 spiro atoms. The molecule has 0 amide bonds. The molecule has 0 radical (unpaired) electrons. The fourth-order valence-corrected chi connectivity index (χ4v) is 2.57.